The molecule has 0 aliphatic heterocycles. The van der Waals surface area contributed by atoms with Crippen molar-refractivity contribution in [1.82, 2.24) is 0 Å². The highest BCUT2D eigenvalue weighted by Crippen LogP contribution is 2.20. The summed E-state index contributed by atoms with van der Waals surface area (Å²) in [6.45, 7) is 1.90. The van der Waals surface area contributed by atoms with Gasteiger partial charge in [0.2, 0.25) is 5.91 Å². The molecule has 1 amide bonds. The molecule has 0 radical (unpaired) electrons. The van der Waals surface area contributed by atoms with Crippen molar-refractivity contribution in [3.63, 3.8) is 0 Å². The van der Waals surface area contributed by atoms with Gasteiger partial charge in [-0.25, -0.2) is 4.39 Å². The van der Waals surface area contributed by atoms with Crippen molar-refractivity contribution >= 4 is 27.5 Å². The molecule has 0 fully saturated rings. The Balaban J connectivity index is 2.75. The largest absolute Gasteiger partial charge is 0.324 e. The molecule has 1 rings (SSSR count). The smallest absolute Gasteiger partial charge is 0.224 e. The third-order valence-electron chi connectivity index (χ3n) is 1.68. The Hall–Kier alpha value is -0.900. The Labute approximate surface area is 90.6 Å². The zero-order valence-electron chi connectivity index (χ0n) is 7.81. The van der Waals surface area contributed by atoms with Gasteiger partial charge in [-0.3, -0.25) is 4.79 Å². The quantitative estimate of drug-likeness (QED) is 0.887. The van der Waals surface area contributed by atoms with Crippen LogP contribution in [-0.4, -0.2) is 5.91 Å². The number of benzene rings is 1. The summed E-state index contributed by atoms with van der Waals surface area (Å²) >= 11 is 3.21. The molecule has 0 atom stereocenters. The summed E-state index contributed by atoms with van der Waals surface area (Å²) in [6.07, 6.45) is 1.16. The molecule has 4 heteroatoms. The Morgan fingerprint density at radius 1 is 1.57 bits per heavy atom. The molecule has 1 aromatic rings. The third-order valence-corrected chi connectivity index (χ3v) is 2.17. The molecule has 0 bridgehead atoms. The summed E-state index contributed by atoms with van der Waals surface area (Å²) < 4.78 is 13.9. The molecule has 0 aliphatic carbocycles. The lowest BCUT2D eigenvalue weighted by Gasteiger charge is -2.05. The number of rotatable bonds is 3. The lowest BCUT2D eigenvalue weighted by atomic mass is 10.2. The van der Waals surface area contributed by atoms with Crippen LogP contribution in [0.15, 0.2) is 22.7 Å². The second-order valence-electron chi connectivity index (χ2n) is 2.92. The first-order valence-electron chi connectivity index (χ1n) is 4.38. The van der Waals surface area contributed by atoms with Crippen molar-refractivity contribution in [2.24, 2.45) is 0 Å². The standard InChI is InChI=1S/C10H11BrFNO/c1-2-3-10(14)13-9-6-7(11)4-5-8(9)12/h4-6H,2-3H2,1H3,(H,13,14). The predicted molar refractivity (Wildman–Crippen MR) is 57.6 cm³/mol. The predicted octanol–water partition coefficient (Wildman–Crippen LogP) is 3.33. The number of amides is 1. The van der Waals surface area contributed by atoms with E-state index >= 15 is 0 Å². The molecule has 1 aromatic carbocycles. The number of hydrogen-bond acceptors (Lipinski definition) is 1. The van der Waals surface area contributed by atoms with Crippen LogP contribution in [0.25, 0.3) is 0 Å². The zero-order chi connectivity index (χ0) is 10.6. The van der Waals surface area contributed by atoms with Gasteiger partial charge in [0.05, 0.1) is 5.69 Å². The van der Waals surface area contributed by atoms with E-state index in [4.69, 9.17) is 0 Å². The van der Waals surface area contributed by atoms with Crippen LogP contribution in [0.1, 0.15) is 19.8 Å². The molecular formula is C10H11BrFNO. The zero-order valence-corrected chi connectivity index (χ0v) is 9.40. The molecular weight excluding hydrogens is 249 g/mol. The van der Waals surface area contributed by atoms with Gasteiger partial charge in [0, 0.05) is 10.9 Å². The van der Waals surface area contributed by atoms with Gasteiger partial charge in [-0.2, -0.15) is 0 Å². The molecule has 0 spiro atoms. The summed E-state index contributed by atoms with van der Waals surface area (Å²) in [5.74, 6) is -0.581. The first-order valence-corrected chi connectivity index (χ1v) is 5.17. The number of carbonyl (C=O) groups is 1. The van der Waals surface area contributed by atoms with Gasteiger partial charge in [0.1, 0.15) is 5.82 Å². The van der Waals surface area contributed by atoms with Crippen molar-refractivity contribution in [2.45, 2.75) is 19.8 Å². The Morgan fingerprint density at radius 3 is 2.93 bits per heavy atom. The molecule has 0 unspecified atom stereocenters. The summed E-state index contributed by atoms with van der Waals surface area (Å²) in [7, 11) is 0. The average molecular weight is 260 g/mol. The fourth-order valence-corrected chi connectivity index (χ4v) is 1.39. The number of carbonyl (C=O) groups excluding carboxylic acids is 1. The minimum absolute atomic E-state index is 0.162. The van der Waals surface area contributed by atoms with Crippen molar-refractivity contribution < 1.29 is 9.18 Å². The van der Waals surface area contributed by atoms with E-state index in [1.165, 1.54) is 6.07 Å². The summed E-state index contributed by atoms with van der Waals surface area (Å²) in [5.41, 5.74) is 0.220. The molecule has 14 heavy (non-hydrogen) atoms. The number of nitrogens with one attached hydrogen (secondary N) is 1. The van der Waals surface area contributed by atoms with E-state index in [-0.39, 0.29) is 11.6 Å². The lowest BCUT2D eigenvalue weighted by molar-refractivity contribution is -0.116. The Morgan fingerprint density at radius 2 is 2.29 bits per heavy atom. The fraction of sp³-hybridized carbons (Fsp3) is 0.300. The molecule has 1 N–H and O–H groups in total. The lowest BCUT2D eigenvalue weighted by Crippen LogP contribution is -2.11. The SMILES string of the molecule is CCCC(=O)Nc1cc(Br)ccc1F. The highest BCUT2D eigenvalue weighted by molar-refractivity contribution is 9.10. The number of hydrogen-bond donors (Lipinski definition) is 1. The molecule has 0 saturated carbocycles. The van der Waals surface area contributed by atoms with Crippen LogP contribution in [0.2, 0.25) is 0 Å². The second kappa shape index (κ2) is 5.10. The van der Waals surface area contributed by atoms with Crippen LogP contribution in [-0.2, 0) is 4.79 Å². The molecule has 76 valence electrons. The third kappa shape index (κ3) is 3.10. The van der Waals surface area contributed by atoms with E-state index < -0.39 is 5.82 Å². The van der Waals surface area contributed by atoms with Gasteiger partial charge < -0.3 is 5.32 Å². The van der Waals surface area contributed by atoms with Crippen molar-refractivity contribution in [3.8, 4) is 0 Å². The van der Waals surface area contributed by atoms with Crippen LogP contribution in [0.3, 0.4) is 0 Å². The van der Waals surface area contributed by atoms with E-state index in [9.17, 15) is 9.18 Å². The molecule has 2 nitrogen and oxygen atoms in total. The van der Waals surface area contributed by atoms with Gasteiger partial charge in [-0.15, -0.1) is 0 Å². The van der Waals surface area contributed by atoms with E-state index in [0.29, 0.717) is 6.42 Å². The van der Waals surface area contributed by atoms with E-state index in [0.717, 1.165) is 10.9 Å². The monoisotopic (exact) mass is 259 g/mol. The molecule has 0 heterocycles. The van der Waals surface area contributed by atoms with Crippen LogP contribution in [0, 0.1) is 5.82 Å². The van der Waals surface area contributed by atoms with Gasteiger partial charge in [0.15, 0.2) is 0 Å². The number of anilines is 1. The van der Waals surface area contributed by atoms with Gasteiger partial charge in [-0.05, 0) is 24.6 Å². The van der Waals surface area contributed by atoms with Crippen molar-refractivity contribution in [2.75, 3.05) is 5.32 Å². The van der Waals surface area contributed by atoms with Crippen LogP contribution >= 0.6 is 15.9 Å². The van der Waals surface area contributed by atoms with Gasteiger partial charge in [-0.1, -0.05) is 22.9 Å². The number of halogens is 2. The Bertz CT molecular complexity index is 341. The molecule has 0 aromatic heterocycles. The highest BCUT2D eigenvalue weighted by atomic mass is 79.9. The summed E-state index contributed by atoms with van der Waals surface area (Å²) in [6, 6.07) is 4.44. The molecule has 0 saturated heterocycles. The maximum atomic E-state index is 13.1. The van der Waals surface area contributed by atoms with Gasteiger partial charge in [0.25, 0.3) is 0 Å². The van der Waals surface area contributed by atoms with E-state index in [1.807, 2.05) is 6.92 Å². The average Bonchev–Trinajstić information content (AvgIpc) is 2.12. The van der Waals surface area contributed by atoms with Crippen LogP contribution < -0.4 is 5.32 Å². The first-order chi connectivity index (χ1) is 6.63. The fourth-order valence-electron chi connectivity index (χ4n) is 1.03. The van der Waals surface area contributed by atoms with E-state index in [2.05, 4.69) is 21.2 Å². The summed E-state index contributed by atoms with van der Waals surface area (Å²) in [5, 5.41) is 2.51. The first kappa shape index (κ1) is 11.2. The minimum Gasteiger partial charge on any atom is -0.324 e. The van der Waals surface area contributed by atoms with Crippen LogP contribution in [0.4, 0.5) is 10.1 Å². The van der Waals surface area contributed by atoms with Crippen molar-refractivity contribution in [1.29, 1.82) is 0 Å². The van der Waals surface area contributed by atoms with Gasteiger partial charge >= 0.3 is 0 Å². The normalized spacial score (nSPS) is 9.93. The second-order valence-corrected chi connectivity index (χ2v) is 3.84. The van der Waals surface area contributed by atoms with Crippen molar-refractivity contribution in [3.05, 3.63) is 28.5 Å². The van der Waals surface area contributed by atoms with Crippen LogP contribution in [0.5, 0.6) is 0 Å². The summed E-state index contributed by atoms with van der Waals surface area (Å²) in [4.78, 5) is 11.2. The maximum absolute atomic E-state index is 13.1. The topological polar surface area (TPSA) is 29.1 Å². The molecule has 0 aliphatic rings. The maximum Gasteiger partial charge on any atom is 0.224 e. The highest BCUT2D eigenvalue weighted by Gasteiger charge is 2.06. The minimum atomic E-state index is -0.419. The Kier molecular flexibility index (Phi) is 4.07. The van der Waals surface area contributed by atoms with E-state index in [1.54, 1.807) is 12.1 Å².